The number of benzene rings is 1. The summed E-state index contributed by atoms with van der Waals surface area (Å²) < 4.78 is 12.2. The number of ether oxygens (including phenoxy) is 2. The summed E-state index contributed by atoms with van der Waals surface area (Å²) in [4.78, 5) is 58.7. The van der Waals surface area contributed by atoms with Crippen LogP contribution in [0.1, 0.15) is 76.3 Å². The summed E-state index contributed by atoms with van der Waals surface area (Å²) in [5.41, 5.74) is -0.400. The van der Waals surface area contributed by atoms with Crippen molar-refractivity contribution in [2.24, 2.45) is 11.8 Å². The van der Waals surface area contributed by atoms with Crippen LogP contribution in [0.25, 0.3) is 0 Å². The number of amides is 3. The van der Waals surface area contributed by atoms with Gasteiger partial charge < -0.3 is 29.7 Å². The van der Waals surface area contributed by atoms with Gasteiger partial charge in [0.2, 0.25) is 17.7 Å². The number of rotatable bonds is 20. The molecular weight excluding hydrogens is 666 g/mol. The highest BCUT2D eigenvalue weighted by Gasteiger charge is 2.76. The average Bonchev–Trinajstić information content (AvgIpc) is 3.66. The zero-order chi connectivity index (χ0) is 34.0. The van der Waals surface area contributed by atoms with Crippen molar-refractivity contribution in [3.05, 3.63) is 61.2 Å². The number of carbonyl (C=O) groups is 4. The predicted molar refractivity (Wildman–Crippen MR) is 182 cm³/mol. The van der Waals surface area contributed by atoms with Crippen molar-refractivity contribution in [2.75, 3.05) is 32.8 Å². The maximum Gasteiger partial charge on any atom is 0.306 e. The monoisotopic (exact) mass is 715 g/mol. The van der Waals surface area contributed by atoms with E-state index in [1.165, 1.54) is 0 Å². The number of aliphatic hydroxyl groups is 1. The van der Waals surface area contributed by atoms with Crippen molar-refractivity contribution in [1.82, 2.24) is 15.1 Å². The zero-order valence-electron chi connectivity index (χ0n) is 27.5. The fourth-order valence-electron chi connectivity index (χ4n) is 7.31. The van der Waals surface area contributed by atoms with Crippen LogP contribution >= 0.6 is 15.9 Å². The first-order valence-corrected chi connectivity index (χ1v) is 17.9. The van der Waals surface area contributed by atoms with Gasteiger partial charge in [-0.25, -0.2) is 0 Å². The quantitative estimate of drug-likeness (QED) is 0.0884. The van der Waals surface area contributed by atoms with E-state index in [1.807, 2.05) is 30.3 Å². The van der Waals surface area contributed by atoms with Gasteiger partial charge in [0, 0.05) is 37.5 Å². The lowest BCUT2D eigenvalue weighted by molar-refractivity contribution is -0.148. The molecule has 0 aromatic heterocycles. The Morgan fingerprint density at radius 1 is 1.17 bits per heavy atom. The molecule has 7 atom stereocenters. The number of hydrogen-bond acceptors (Lipinski definition) is 7. The summed E-state index contributed by atoms with van der Waals surface area (Å²) in [5, 5.41) is 12.3. The van der Waals surface area contributed by atoms with E-state index in [-0.39, 0.29) is 42.2 Å². The fourth-order valence-corrected chi connectivity index (χ4v) is 8.25. The second-order valence-electron chi connectivity index (χ2n) is 12.7. The van der Waals surface area contributed by atoms with Crippen LogP contribution in [0.3, 0.4) is 0 Å². The van der Waals surface area contributed by atoms with Gasteiger partial charge in [-0.2, -0.15) is 0 Å². The third kappa shape index (κ3) is 8.17. The molecule has 3 fully saturated rings. The van der Waals surface area contributed by atoms with Gasteiger partial charge in [0.15, 0.2) is 0 Å². The number of likely N-dealkylation sites (tertiary alicyclic amines) is 1. The maximum absolute atomic E-state index is 14.4. The van der Waals surface area contributed by atoms with Gasteiger partial charge in [-0.1, -0.05) is 84.6 Å². The van der Waals surface area contributed by atoms with Crippen molar-refractivity contribution < 1.29 is 33.8 Å². The van der Waals surface area contributed by atoms with Gasteiger partial charge in [0.25, 0.3) is 0 Å². The molecule has 0 aliphatic carbocycles. The number of esters is 1. The fraction of sp³-hybridized carbons (Fsp3) is 0.611. The second-order valence-corrected chi connectivity index (χ2v) is 13.9. The minimum atomic E-state index is -1.16. The van der Waals surface area contributed by atoms with Gasteiger partial charge in [-0.15, -0.1) is 13.2 Å². The Hall–Kier alpha value is -3.02. The van der Waals surface area contributed by atoms with Crippen molar-refractivity contribution in [1.29, 1.82) is 0 Å². The van der Waals surface area contributed by atoms with E-state index in [2.05, 4.69) is 41.3 Å². The molecule has 1 spiro atoms. The maximum atomic E-state index is 14.4. The first kappa shape index (κ1) is 36.8. The number of allylic oxidation sites excluding steroid dienone is 1. The Morgan fingerprint density at radius 2 is 1.91 bits per heavy atom. The molecule has 3 amide bonds. The number of aliphatic hydroxyl groups excluding tert-OH is 1. The second kappa shape index (κ2) is 17.4. The molecule has 1 aromatic carbocycles. The van der Waals surface area contributed by atoms with Gasteiger partial charge in [-0.05, 0) is 37.7 Å². The lowest BCUT2D eigenvalue weighted by Crippen LogP contribution is -2.57. The standard InChI is InChI=1S/C36H50BrN3O7/c1-4-7-18-28(42)46-24-27(25-16-12-11-13-17-25)38-33(43)29-30-34(44)40(21-14-9-10-15-22-41)32(36(30)23-26(37)31(29)47-36)35(45)39(19-6-3)20-8-5-2/h4,6,11-13,16-17,26-27,29-32,41H,1,3,5,7-10,14-15,18-24H2,2H3,(H,38,43)/t26?,27-,29+,30-,31+,32+,36-/m0/s1. The SMILES string of the molecule is C=CCCC(=O)OC[C@H](NC(=O)[C@H]1[C@@H]2O[C@@]3(CC2Br)[C@@H]1C(=O)N(CCCCCCO)[C@@H]3C(=O)N(CC=C)CCCC)c1ccccc1. The third-order valence-electron chi connectivity index (χ3n) is 9.56. The van der Waals surface area contributed by atoms with Crippen LogP contribution in [0.15, 0.2) is 55.6 Å². The molecule has 3 heterocycles. The van der Waals surface area contributed by atoms with E-state index in [9.17, 15) is 24.3 Å². The van der Waals surface area contributed by atoms with Gasteiger partial charge in [0.05, 0.1) is 24.0 Å². The summed E-state index contributed by atoms with van der Waals surface area (Å²) in [5.74, 6) is -2.87. The minimum Gasteiger partial charge on any atom is -0.463 e. The summed E-state index contributed by atoms with van der Waals surface area (Å²) in [6.45, 7) is 10.9. The summed E-state index contributed by atoms with van der Waals surface area (Å²) in [7, 11) is 0. The van der Waals surface area contributed by atoms with E-state index in [1.54, 1.807) is 22.0 Å². The van der Waals surface area contributed by atoms with Gasteiger partial charge in [0.1, 0.15) is 18.2 Å². The number of fused-ring (bicyclic) bond motifs is 1. The zero-order valence-corrected chi connectivity index (χ0v) is 29.1. The van der Waals surface area contributed by atoms with Crippen molar-refractivity contribution in [3.63, 3.8) is 0 Å². The molecule has 47 heavy (non-hydrogen) atoms. The van der Waals surface area contributed by atoms with E-state index >= 15 is 0 Å². The largest absolute Gasteiger partial charge is 0.463 e. The third-order valence-corrected chi connectivity index (χ3v) is 10.4. The molecule has 258 valence electrons. The number of hydrogen-bond donors (Lipinski definition) is 2. The number of unbranched alkanes of at least 4 members (excludes halogenated alkanes) is 4. The van der Waals surface area contributed by atoms with Crippen LogP contribution in [-0.2, 0) is 28.7 Å². The number of halogens is 1. The average molecular weight is 717 g/mol. The molecule has 1 unspecified atom stereocenters. The molecule has 1 aromatic rings. The van der Waals surface area contributed by atoms with Crippen LogP contribution in [0, 0.1) is 11.8 Å². The summed E-state index contributed by atoms with van der Waals surface area (Å²) in [6, 6.07) is 7.76. The first-order valence-electron chi connectivity index (χ1n) is 17.0. The van der Waals surface area contributed by atoms with Crippen molar-refractivity contribution in [2.45, 2.75) is 93.3 Å². The first-order chi connectivity index (χ1) is 22.7. The van der Waals surface area contributed by atoms with Crippen molar-refractivity contribution >= 4 is 39.6 Å². The van der Waals surface area contributed by atoms with Crippen molar-refractivity contribution in [3.8, 4) is 0 Å². The van der Waals surface area contributed by atoms with Crippen LogP contribution in [-0.4, -0.2) is 94.0 Å². The molecule has 3 aliphatic rings. The Bertz CT molecular complexity index is 1260. The molecule has 0 saturated carbocycles. The normalized spacial score (nSPS) is 26.5. The molecule has 2 bridgehead atoms. The molecular formula is C36H50BrN3O7. The lowest BCUT2D eigenvalue weighted by atomic mass is 9.70. The Morgan fingerprint density at radius 3 is 2.60 bits per heavy atom. The number of alkyl halides is 1. The smallest absolute Gasteiger partial charge is 0.306 e. The molecule has 2 N–H and O–H groups in total. The van der Waals surface area contributed by atoms with E-state index < -0.39 is 41.6 Å². The molecule has 3 aliphatic heterocycles. The highest BCUT2D eigenvalue weighted by molar-refractivity contribution is 9.09. The predicted octanol–water partition coefficient (Wildman–Crippen LogP) is 4.47. The van der Waals surface area contributed by atoms with Crippen LogP contribution in [0.4, 0.5) is 0 Å². The molecule has 11 heteroatoms. The number of nitrogens with zero attached hydrogens (tertiary/aromatic N) is 2. The molecule has 0 radical (unpaired) electrons. The van der Waals surface area contributed by atoms with Crippen LogP contribution < -0.4 is 5.32 Å². The minimum absolute atomic E-state index is 0.0690. The lowest BCUT2D eigenvalue weighted by Gasteiger charge is -2.37. The highest BCUT2D eigenvalue weighted by atomic mass is 79.9. The van der Waals surface area contributed by atoms with E-state index in [0.29, 0.717) is 45.3 Å². The van der Waals surface area contributed by atoms with Gasteiger partial charge in [-0.3, -0.25) is 19.2 Å². The van der Waals surface area contributed by atoms with E-state index in [4.69, 9.17) is 9.47 Å². The van der Waals surface area contributed by atoms with Gasteiger partial charge >= 0.3 is 5.97 Å². The Kier molecular flexibility index (Phi) is 13.6. The van der Waals surface area contributed by atoms with Crippen LogP contribution in [0.5, 0.6) is 0 Å². The molecule has 4 rings (SSSR count). The Balaban J connectivity index is 1.63. The molecule has 3 saturated heterocycles. The topological polar surface area (TPSA) is 125 Å². The molecule has 10 nitrogen and oxygen atoms in total. The number of nitrogens with one attached hydrogen (secondary N) is 1. The summed E-state index contributed by atoms with van der Waals surface area (Å²) in [6.07, 6.45) is 8.51. The van der Waals surface area contributed by atoms with E-state index in [0.717, 1.165) is 31.2 Å². The summed E-state index contributed by atoms with van der Waals surface area (Å²) >= 11 is 3.75. The Labute approximate surface area is 287 Å². The number of carbonyl (C=O) groups excluding carboxylic acids is 4. The van der Waals surface area contributed by atoms with Crippen LogP contribution in [0.2, 0.25) is 0 Å². The highest BCUT2D eigenvalue weighted by Crippen LogP contribution is 2.60.